The van der Waals surface area contributed by atoms with Gasteiger partial charge in [-0.3, -0.25) is 9.69 Å². The van der Waals surface area contributed by atoms with Crippen LogP contribution in [0.3, 0.4) is 0 Å². The molecule has 1 saturated heterocycles. The van der Waals surface area contributed by atoms with Crippen molar-refractivity contribution in [3.63, 3.8) is 0 Å². The van der Waals surface area contributed by atoms with Crippen LogP contribution in [0.5, 0.6) is 11.5 Å². The fourth-order valence-electron chi connectivity index (χ4n) is 4.14. The summed E-state index contributed by atoms with van der Waals surface area (Å²) in [4.78, 5) is 15.0. The number of carbonyl (C=O) groups excluding carboxylic acids is 1. The van der Waals surface area contributed by atoms with Crippen molar-refractivity contribution in [3.05, 3.63) is 53.1 Å². The first kappa shape index (κ1) is 18.6. The molecule has 28 heavy (non-hydrogen) atoms. The van der Waals surface area contributed by atoms with Gasteiger partial charge >= 0.3 is 0 Å². The summed E-state index contributed by atoms with van der Waals surface area (Å²) in [6, 6.07) is 11.8. The zero-order valence-corrected chi connectivity index (χ0v) is 16.7. The van der Waals surface area contributed by atoms with Crippen LogP contribution in [-0.2, 0) is 6.54 Å². The Labute approximate surface area is 165 Å². The normalized spacial score (nSPS) is 18.2. The van der Waals surface area contributed by atoms with E-state index in [1.807, 2.05) is 43.3 Å². The average molecular weight is 381 g/mol. The number of benzene rings is 2. The minimum atomic E-state index is -0.362. The molecular formula is C22H27N3O3. The lowest BCUT2D eigenvalue weighted by atomic mass is 9.91. The van der Waals surface area contributed by atoms with Crippen LogP contribution in [0, 0.1) is 6.92 Å². The van der Waals surface area contributed by atoms with Crippen molar-refractivity contribution < 1.29 is 14.3 Å². The number of carbonyl (C=O) groups is 1. The lowest BCUT2D eigenvalue weighted by Crippen LogP contribution is -2.62. The number of hydrogen-bond acceptors (Lipinski definition) is 5. The van der Waals surface area contributed by atoms with Gasteiger partial charge in [-0.05, 0) is 36.2 Å². The summed E-state index contributed by atoms with van der Waals surface area (Å²) in [5.74, 6) is 1.62. The van der Waals surface area contributed by atoms with Gasteiger partial charge in [0.1, 0.15) is 17.2 Å². The number of amides is 1. The Morgan fingerprint density at radius 1 is 1.04 bits per heavy atom. The molecule has 6 heteroatoms. The molecular weight excluding hydrogens is 354 g/mol. The lowest BCUT2D eigenvalue weighted by Gasteiger charge is -2.46. The van der Waals surface area contributed by atoms with E-state index >= 15 is 0 Å². The van der Waals surface area contributed by atoms with E-state index in [1.54, 1.807) is 14.2 Å². The third-order valence-corrected chi connectivity index (χ3v) is 5.76. The van der Waals surface area contributed by atoms with Crippen LogP contribution in [-0.4, -0.2) is 43.8 Å². The molecule has 2 aliphatic heterocycles. The summed E-state index contributed by atoms with van der Waals surface area (Å²) >= 11 is 0. The molecule has 2 aliphatic rings. The van der Waals surface area contributed by atoms with E-state index in [0.717, 1.165) is 66.4 Å². The molecule has 0 unspecified atom stereocenters. The maximum atomic E-state index is 12.6. The molecule has 1 amide bonds. The maximum Gasteiger partial charge on any atom is 0.255 e. The van der Waals surface area contributed by atoms with Gasteiger partial charge in [0.15, 0.2) is 0 Å². The fraction of sp³-hybridized carbons (Fsp3) is 0.409. The highest BCUT2D eigenvalue weighted by Crippen LogP contribution is 2.34. The molecule has 4 rings (SSSR count). The van der Waals surface area contributed by atoms with Gasteiger partial charge in [0.25, 0.3) is 5.91 Å². The SMILES string of the molecule is COc1cc(CN2CCC3(CC2)NC(=O)c2cccc(C)c2N3)cc(OC)c1. The first-order valence-corrected chi connectivity index (χ1v) is 9.66. The van der Waals surface area contributed by atoms with E-state index in [2.05, 4.69) is 15.5 Å². The summed E-state index contributed by atoms with van der Waals surface area (Å²) in [5.41, 5.74) is 3.61. The molecule has 2 heterocycles. The highest BCUT2D eigenvalue weighted by atomic mass is 16.5. The molecule has 6 nitrogen and oxygen atoms in total. The number of nitrogens with zero attached hydrogens (tertiary/aromatic N) is 1. The van der Waals surface area contributed by atoms with Gasteiger partial charge in [0.05, 0.1) is 25.5 Å². The number of methoxy groups -OCH3 is 2. The smallest absolute Gasteiger partial charge is 0.255 e. The summed E-state index contributed by atoms with van der Waals surface area (Å²) in [6.07, 6.45) is 1.71. The number of piperidine rings is 1. The monoisotopic (exact) mass is 381 g/mol. The molecule has 0 radical (unpaired) electrons. The Bertz CT molecular complexity index is 866. The summed E-state index contributed by atoms with van der Waals surface area (Å²) in [6.45, 7) is 4.67. The number of nitrogens with one attached hydrogen (secondary N) is 2. The van der Waals surface area contributed by atoms with Gasteiger partial charge in [0.2, 0.25) is 0 Å². The fourth-order valence-corrected chi connectivity index (χ4v) is 4.14. The quantitative estimate of drug-likeness (QED) is 0.852. The second kappa shape index (κ2) is 7.36. The molecule has 2 N–H and O–H groups in total. The van der Waals surface area contributed by atoms with Gasteiger partial charge in [-0.15, -0.1) is 0 Å². The Kier molecular flexibility index (Phi) is 4.89. The van der Waals surface area contributed by atoms with E-state index in [0.29, 0.717) is 0 Å². The predicted octanol–water partition coefficient (Wildman–Crippen LogP) is 3.16. The van der Waals surface area contributed by atoms with E-state index < -0.39 is 0 Å². The molecule has 2 aromatic rings. The molecule has 148 valence electrons. The number of ether oxygens (including phenoxy) is 2. The van der Waals surface area contributed by atoms with Gasteiger partial charge in [-0.1, -0.05) is 12.1 Å². The van der Waals surface area contributed by atoms with Gasteiger partial charge < -0.3 is 20.1 Å². The van der Waals surface area contributed by atoms with Gasteiger partial charge in [-0.2, -0.15) is 0 Å². The lowest BCUT2D eigenvalue weighted by molar-refractivity contribution is 0.0822. The molecule has 0 bridgehead atoms. The standard InChI is InChI=1S/C22H27N3O3/c1-15-5-4-6-19-20(15)23-22(24-21(19)26)7-9-25(10-8-22)14-16-11-17(27-2)13-18(12-16)28-3/h4-6,11-13,23H,7-10,14H2,1-3H3,(H,24,26). The number of para-hydroxylation sites is 1. The molecule has 2 aromatic carbocycles. The van der Waals surface area contributed by atoms with E-state index in [1.165, 1.54) is 0 Å². The average Bonchev–Trinajstić information content (AvgIpc) is 2.70. The third-order valence-electron chi connectivity index (χ3n) is 5.76. The van der Waals surface area contributed by atoms with Gasteiger partial charge in [0, 0.05) is 38.5 Å². The Balaban J connectivity index is 1.45. The second-order valence-corrected chi connectivity index (χ2v) is 7.66. The highest BCUT2D eigenvalue weighted by Gasteiger charge is 2.40. The Hall–Kier alpha value is -2.73. The van der Waals surface area contributed by atoms with Crippen molar-refractivity contribution in [3.8, 4) is 11.5 Å². The first-order valence-electron chi connectivity index (χ1n) is 9.66. The second-order valence-electron chi connectivity index (χ2n) is 7.66. The number of hydrogen-bond donors (Lipinski definition) is 2. The van der Waals surface area contributed by atoms with Crippen LogP contribution in [0.1, 0.15) is 34.3 Å². The summed E-state index contributed by atoms with van der Waals surface area (Å²) < 4.78 is 10.8. The van der Waals surface area contributed by atoms with Crippen molar-refractivity contribution in [2.45, 2.75) is 32.0 Å². The van der Waals surface area contributed by atoms with Crippen molar-refractivity contribution in [1.82, 2.24) is 10.2 Å². The maximum absolute atomic E-state index is 12.6. The largest absolute Gasteiger partial charge is 0.497 e. The Morgan fingerprint density at radius 2 is 1.71 bits per heavy atom. The van der Waals surface area contributed by atoms with Crippen molar-refractivity contribution in [2.75, 3.05) is 32.6 Å². The molecule has 1 fully saturated rings. The number of rotatable bonds is 4. The number of anilines is 1. The Morgan fingerprint density at radius 3 is 2.36 bits per heavy atom. The molecule has 0 atom stereocenters. The van der Waals surface area contributed by atoms with E-state index in [4.69, 9.17) is 9.47 Å². The minimum absolute atomic E-state index is 0.0171. The van der Waals surface area contributed by atoms with Gasteiger partial charge in [-0.25, -0.2) is 0 Å². The molecule has 1 spiro atoms. The van der Waals surface area contributed by atoms with E-state index in [9.17, 15) is 4.79 Å². The van der Waals surface area contributed by atoms with Crippen LogP contribution in [0.2, 0.25) is 0 Å². The summed E-state index contributed by atoms with van der Waals surface area (Å²) in [7, 11) is 3.33. The van der Waals surface area contributed by atoms with Crippen LogP contribution in [0.25, 0.3) is 0 Å². The van der Waals surface area contributed by atoms with E-state index in [-0.39, 0.29) is 11.6 Å². The highest BCUT2D eigenvalue weighted by molar-refractivity contribution is 6.02. The van der Waals surface area contributed by atoms with Crippen LogP contribution < -0.4 is 20.1 Å². The molecule has 0 aromatic heterocycles. The van der Waals surface area contributed by atoms with Crippen molar-refractivity contribution >= 4 is 11.6 Å². The van der Waals surface area contributed by atoms with Crippen LogP contribution in [0.4, 0.5) is 5.69 Å². The van der Waals surface area contributed by atoms with Crippen LogP contribution in [0.15, 0.2) is 36.4 Å². The topological polar surface area (TPSA) is 62.8 Å². The minimum Gasteiger partial charge on any atom is -0.497 e. The molecule has 0 saturated carbocycles. The number of likely N-dealkylation sites (tertiary alicyclic amines) is 1. The zero-order chi connectivity index (χ0) is 19.7. The van der Waals surface area contributed by atoms with Crippen LogP contribution >= 0.6 is 0 Å². The molecule has 0 aliphatic carbocycles. The number of aryl methyl sites for hydroxylation is 1. The predicted molar refractivity (Wildman–Crippen MR) is 109 cm³/mol. The van der Waals surface area contributed by atoms with Crippen molar-refractivity contribution in [2.24, 2.45) is 0 Å². The van der Waals surface area contributed by atoms with Crippen molar-refractivity contribution in [1.29, 1.82) is 0 Å². The zero-order valence-electron chi connectivity index (χ0n) is 16.7. The first-order chi connectivity index (χ1) is 13.5. The number of fused-ring (bicyclic) bond motifs is 1. The summed E-state index contributed by atoms with van der Waals surface area (Å²) in [5, 5.41) is 6.85. The third kappa shape index (κ3) is 3.52.